The fourth-order valence-electron chi connectivity index (χ4n) is 5.75. The van der Waals surface area contributed by atoms with Gasteiger partial charge >= 0.3 is 73.1 Å². The molecule has 0 amide bonds. The molecule has 3 aliphatic carbocycles. The van der Waals surface area contributed by atoms with Crippen molar-refractivity contribution >= 4 is 15.0 Å². The van der Waals surface area contributed by atoms with E-state index in [0.717, 1.165) is 30.4 Å². The Morgan fingerprint density at radius 1 is 1.06 bits per heavy atom. The number of hydrogen-bond donors (Lipinski definition) is 0. The summed E-state index contributed by atoms with van der Waals surface area (Å²) in [6.45, 7) is 8.83. The van der Waals surface area contributed by atoms with E-state index in [1.165, 1.54) is 50.5 Å². The summed E-state index contributed by atoms with van der Waals surface area (Å²) in [6.07, 6.45) is 11.8. The minimum atomic E-state index is -0.148. The Kier molecular flexibility index (Phi) is 11.1. The molecule has 4 rings (SSSR count). The molecule has 0 radical (unpaired) electrons. The fourth-order valence-corrected chi connectivity index (χ4v) is 6.72. The van der Waals surface area contributed by atoms with Gasteiger partial charge < -0.3 is 9.47 Å². The summed E-state index contributed by atoms with van der Waals surface area (Å²) in [5.41, 5.74) is 1.26. The standard InChI is InChI=1S/C22H34O2.C6H10AtOP/c1-5-19-20-8-6-7-17(20)11-14-21(19)24-22(15(2)3)23-18-12-9-16(4)10-13-18;7-6(9)5(8)4-2-1-3-4/h9-10,12-13,15,17,19-22H,5-8,11,14H2,1-4H3;4,6H,1-3,9H2. The van der Waals surface area contributed by atoms with Crippen molar-refractivity contribution in [1.29, 1.82) is 0 Å². The molecular formula is C28H44AtO3P. The number of carbonyl (C=O) groups is 1. The van der Waals surface area contributed by atoms with E-state index in [1.807, 2.05) is 0 Å². The van der Waals surface area contributed by atoms with Crippen molar-refractivity contribution in [3.8, 4) is 5.75 Å². The predicted octanol–water partition coefficient (Wildman–Crippen LogP) is 7.08. The SMILES string of the molecule is CCC1C(OC(Oc2ccc(C)cc2)C(C)C)CCC2CCCC21.O=C(C(P)[At])C1CCC1. The summed E-state index contributed by atoms with van der Waals surface area (Å²) in [4.78, 5) is 11.1. The number of fused-ring (bicyclic) bond motifs is 1. The molecule has 1 aromatic carbocycles. The molecule has 3 nitrogen and oxygen atoms in total. The van der Waals surface area contributed by atoms with Gasteiger partial charge in [0, 0.05) is 5.92 Å². The van der Waals surface area contributed by atoms with Gasteiger partial charge in [0.2, 0.25) is 6.29 Å². The van der Waals surface area contributed by atoms with Gasteiger partial charge in [-0.15, -0.1) is 0 Å². The van der Waals surface area contributed by atoms with Crippen molar-refractivity contribution < 1.29 is 39.0 Å². The van der Waals surface area contributed by atoms with Gasteiger partial charge in [-0.3, -0.25) is 0 Å². The zero-order valence-electron chi connectivity index (χ0n) is 21.0. The second kappa shape index (κ2) is 13.3. The minimum absolute atomic E-state index is 0.148. The number of rotatable bonds is 8. The summed E-state index contributed by atoms with van der Waals surface area (Å²) in [6, 6.07) is 8.31. The molecule has 0 aromatic heterocycles. The van der Waals surface area contributed by atoms with Crippen LogP contribution in [0.5, 0.6) is 5.75 Å². The number of benzene rings is 1. The van der Waals surface area contributed by atoms with E-state index < -0.39 is 0 Å². The van der Waals surface area contributed by atoms with Crippen LogP contribution in [0.4, 0.5) is 0 Å². The zero-order valence-corrected chi connectivity index (χ0v) is 25.1. The van der Waals surface area contributed by atoms with Gasteiger partial charge in [-0.1, -0.05) is 57.7 Å². The number of carbonyl (C=O) groups excluding carboxylic acids is 1. The molecule has 7 unspecified atom stereocenters. The molecule has 3 aliphatic rings. The molecule has 186 valence electrons. The Morgan fingerprint density at radius 2 is 1.73 bits per heavy atom. The van der Waals surface area contributed by atoms with E-state index in [-0.39, 0.29) is 9.66 Å². The normalized spacial score (nSPS) is 28.8. The first-order valence-corrected chi connectivity index (χ1v) is 15.5. The molecule has 3 saturated carbocycles. The topological polar surface area (TPSA) is 35.5 Å². The van der Waals surface area contributed by atoms with Gasteiger partial charge in [0.25, 0.3) is 0 Å². The van der Waals surface area contributed by atoms with E-state index in [0.29, 0.717) is 29.6 Å². The van der Waals surface area contributed by atoms with Crippen molar-refractivity contribution in [3.63, 3.8) is 0 Å². The van der Waals surface area contributed by atoms with Gasteiger partial charge in [0.15, 0.2) is 0 Å². The first-order chi connectivity index (χ1) is 15.8. The fraction of sp³-hybridized carbons (Fsp3) is 0.750. The molecule has 0 heterocycles. The molecule has 5 heteroatoms. The Balaban J connectivity index is 0.000000286. The first kappa shape index (κ1) is 27.5. The van der Waals surface area contributed by atoms with Crippen LogP contribution in [0.1, 0.15) is 84.1 Å². The van der Waals surface area contributed by atoms with E-state index in [9.17, 15) is 4.79 Å². The molecule has 1 aromatic rings. The molecule has 0 bridgehead atoms. The van der Waals surface area contributed by atoms with Crippen molar-refractivity contribution in [2.45, 2.75) is 101 Å². The Hall–Kier alpha value is -0.0369. The third-order valence-electron chi connectivity index (χ3n) is 7.94. The molecule has 0 aliphatic heterocycles. The molecule has 7 atom stereocenters. The number of hydrogen-bond acceptors (Lipinski definition) is 3. The Labute approximate surface area is 219 Å². The molecular weight excluding hydrogens is 625 g/mol. The summed E-state index contributed by atoms with van der Waals surface area (Å²) < 4.78 is 13.0. The number of aryl methyl sites for hydroxylation is 1. The van der Waals surface area contributed by atoms with E-state index >= 15 is 0 Å². The van der Waals surface area contributed by atoms with Crippen LogP contribution in [-0.4, -0.2) is 21.5 Å². The molecule has 0 spiro atoms. The predicted molar refractivity (Wildman–Crippen MR) is 135 cm³/mol. The van der Waals surface area contributed by atoms with Gasteiger partial charge in [-0.2, -0.15) is 0 Å². The van der Waals surface area contributed by atoms with Gasteiger partial charge in [0.1, 0.15) is 5.75 Å². The summed E-state index contributed by atoms with van der Waals surface area (Å²) >= 11 is 1.57. The number of ketones is 1. The summed E-state index contributed by atoms with van der Waals surface area (Å²) in [5, 5.41) is 0. The van der Waals surface area contributed by atoms with Gasteiger partial charge in [0.05, 0.1) is 6.10 Å². The molecule has 3 fully saturated rings. The van der Waals surface area contributed by atoms with Crippen molar-refractivity contribution in [2.24, 2.45) is 29.6 Å². The number of Topliss-reactive ketones (excluding diaryl/α,β-unsaturated/α-hetero) is 1. The van der Waals surface area contributed by atoms with Crippen molar-refractivity contribution in [1.82, 2.24) is 0 Å². The Morgan fingerprint density at radius 3 is 2.24 bits per heavy atom. The van der Waals surface area contributed by atoms with Crippen LogP contribution in [0.15, 0.2) is 24.3 Å². The monoisotopic (exact) mass is 669 g/mol. The maximum atomic E-state index is 11.1. The molecule has 0 saturated heterocycles. The van der Waals surface area contributed by atoms with Crippen LogP contribution in [0.2, 0.25) is 0 Å². The first-order valence-electron chi connectivity index (χ1n) is 13.1. The second-order valence-corrected chi connectivity index (χ2v) is 15.0. The summed E-state index contributed by atoms with van der Waals surface area (Å²) in [5.74, 6) is 4.73. The second-order valence-electron chi connectivity index (χ2n) is 10.7. The van der Waals surface area contributed by atoms with Crippen LogP contribution < -0.4 is 4.74 Å². The van der Waals surface area contributed by atoms with Gasteiger partial charge in [-0.25, -0.2) is 0 Å². The average molecular weight is 670 g/mol. The van der Waals surface area contributed by atoms with E-state index in [4.69, 9.17) is 9.47 Å². The van der Waals surface area contributed by atoms with Crippen LogP contribution in [0.25, 0.3) is 0 Å². The van der Waals surface area contributed by atoms with Crippen LogP contribution >= 0.6 is 9.24 Å². The van der Waals surface area contributed by atoms with Crippen LogP contribution in [0.3, 0.4) is 0 Å². The van der Waals surface area contributed by atoms with E-state index in [1.54, 1.807) is 24.7 Å². The average Bonchev–Trinajstić information content (AvgIpc) is 3.22. The quantitative estimate of drug-likeness (QED) is 0.219. The Bertz CT molecular complexity index is 731. The zero-order chi connectivity index (χ0) is 24.0. The summed E-state index contributed by atoms with van der Waals surface area (Å²) in [7, 11) is 2.58. The third-order valence-corrected chi connectivity index (χ3v) is 9.11. The molecule has 0 N–H and O–H groups in total. The molecule has 33 heavy (non-hydrogen) atoms. The third kappa shape index (κ3) is 7.72. The van der Waals surface area contributed by atoms with Crippen molar-refractivity contribution in [2.75, 3.05) is 0 Å². The van der Waals surface area contributed by atoms with Gasteiger partial charge in [-0.05, 0) is 56.1 Å². The van der Waals surface area contributed by atoms with Crippen molar-refractivity contribution in [3.05, 3.63) is 29.8 Å². The van der Waals surface area contributed by atoms with Crippen LogP contribution in [0, 0.1) is 61.2 Å². The van der Waals surface area contributed by atoms with Crippen LogP contribution in [-0.2, 0) is 9.53 Å². The number of ether oxygens (including phenoxy) is 2. The van der Waals surface area contributed by atoms with E-state index in [2.05, 4.69) is 61.2 Å². The maximum absolute atomic E-state index is 11.1.